The van der Waals surface area contributed by atoms with Crippen LogP contribution >= 0.6 is 11.8 Å². The van der Waals surface area contributed by atoms with Crippen molar-refractivity contribution in [2.75, 3.05) is 14.2 Å². The molecule has 0 radical (unpaired) electrons. The van der Waals surface area contributed by atoms with Crippen LogP contribution in [0.15, 0.2) is 89.8 Å². The van der Waals surface area contributed by atoms with Crippen LogP contribution in [0.25, 0.3) is 28.3 Å². The summed E-state index contributed by atoms with van der Waals surface area (Å²) in [7, 11) is 2.87. The van der Waals surface area contributed by atoms with Crippen LogP contribution < -0.4 is 14.8 Å². The Kier molecular flexibility index (Phi) is 9.83. The van der Waals surface area contributed by atoms with E-state index in [4.69, 9.17) is 9.47 Å². The molecule has 1 aliphatic heterocycles. The highest BCUT2D eigenvalue weighted by molar-refractivity contribution is 8.18. The van der Waals surface area contributed by atoms with Crippen molar-refractivity contribution in [3.63, 3.8) is 0 Å². The lowest BCUT2D eigenvalue weighted by atomic mass is 10.0. The van der Waals surface area contributed by atoms with E-state index >= 15 is 0 Å². The number of carbonyl (C=O) groups is 3. The highest BCUT2D eigenvalue weighted by atomic mass is 32.2. The summed E-state index contributed by atoms with van der Waals surface area (Å²) in [4.78, 5) is 54.8. The van der Waals surface area contributed by atoms with Gasteiger partial charge in [0, 0.05) is 23.8 Å². The van der Waals surface area contributed by atoms with Crippen molar-refractivity contribution in [2.45, 2.75) is 0 Å². The van der Waals surface area contributed by atoms with Gasteiger partial charge < -0.3 is 9.47 Å². The number of nitrogens with one attached hydrogen (secondary N) is 1. The standard InChI is InChI=1S/C17H12N2O5S.C14H11NO4/c1-24-15-12(6-3-7-13(15)19(22)23)11-5-2-4-10(8-11)9-14-16(20)18-17(21)25-14;1-19-14-8-11(2-3-12(14)9-16)10-4-6-13(7-5-10)15(17)18/h2-9H,1H3,(H,18,20,21);2-9H,1H3. The summed E-state index contributed by atoms with van der Waals surface area (Å²) in [5.41, 5.74) is 3.99. The Labute approximate surface area is 254 Å². The van der Waals surface area contributed by atoms with E-state index in [0.717, 1.165) is 29.2 Å². The van der Waals surface area contributed by atoms with Gasteiger partial charge in [-0.15, -0.1) is 0 Å². The highest BCUT2D eigenvalue weighted by Crippen LogP contribution is 2.38. The van der Waals surface area contributed by atoms with Gasteiger partial charge in [0.05, 0.1) is 34.5 Å². The van der Waals surface area contributed by atoms with Crippen molar-refractivity contribution in [2.24, 2.45) is 0 Å². The van der Waals surface area contributed by atoms with Crippen LogP contribution in [-0.2, 0) is 4.79 Å². The number of nitro benzene ring substituents is 2. The summed E-state index contributed by atoms with van der Waals surface area (Å²) in [5, 5.41) is 23.5. The quantitative estimate of drug-likeness (QED) is 0.0979. The van der Waals surface area contributed by atoms with Crippen molar-refractivity contribution in [1.82, 2.24) is 5.32 Å². The highest BCUT2D eigenvalue weighted by Gasteiger charge is 2.25. The average Bonchev–Trinajstić information content (AvgIpc) is 3.36. The molecule has 2 amide bonds. The zero-order chi connectivity index (χ0) is 31.8. The fraction of sp³-hybridized carbons (Fsp3) is 0.0645. The number of non-ortho nitro benzene ring substituents is 1. The van der Waals surface area contributed by atoms with Crippen LogP contribution in [0.5, 0.6) is 11.5 Å². The fourth-order valence-electron chi connectivity index (χ4n) is 4.24. The van der Waals surface area contributed by atoms with Crippen LogP contribution in [-0.4, -0.2) is 41.5 Å². The summed E-state index contributed by atoms with van der Waals surface area (Å²) >= 11 is 0.832. The largest absolute Gasteiger partial charge is 0.496 e. The minimum atomic E-state index is -0.501. The molecule has 12 nitrogen and oxygen atoms in total. The van der Waals surface area contributed by atoms with Crippen LogP contribution in [0.2, 0.25) is 0 Å². The summed E-state index contributed by atoms with van der Waals surface area (Å²) in [6.45, 7) is 0. The van der Waals surface area contributed by atoms with Crippen LogP contribution in [0, 0.1) is 20.2 Å². The van der Waals surface area contributed by atoms with E-state index in [1.807, 2.05) is 0 Å². The molecular formula is C31H23N3O9S. The molecule has 0 saturated carbocycles. The molecule has 222 valence electrons. The molecule has 1 aliphatic rings. The van der Waals surface area contributed by atoms with E-state index in [1.54, 1.807) is 72.8 Å². The number of para-hydroxylation sites is 1. The number of carbonyl (C=O) groups excluding carboxylic acids is 3. The maximum absolute atomic E-state index is 11.6. The number of imide groups is 1. The second-order valence-corrected chi connectivity index (χ2v) is 9.99. The van der Waals surface area contributed by atoms with E-state index < -0.39 is 21.0 Å². The number of nitrogens with zero attached hydrogens (tertiary/aromatic N) is 2. The first-order valence-electron chi connectivity index (χ1n) is 12.7. The fourth-order valence-corrected chi connectivity index (χ4v) is 4.92. The third-order valence-electron chi connectivity index (χ3n) is 6.30. The van der Waals surface area contributed by atoms with Gasteiger partial charge in [-0.1, -0.05) is 36.4 Å². The summed E-state index contributed by atoms with van der Waals surface area (Å²) < 4.78 is 10.3. The summed E-state index contributed by atoms with van der Waals surface area (Å²) in [6.07, 6.45) is 2.32. The first-order valence-corrected chi connectivity index (χ1v) is 13.5. The molecule has 13 heteroatoms. The smallest absolute Gasteiger partial charge is 0.311 e. The number of benzene rings is 4. The molecule has 4 aromatic rings. The minimum Gasteiger partial charge on any atom is -0.496 e. The molecule has 0 aromatic heterocycles. The van der Waals surface area contributed by atoms with Crippen molar-refractivity contribution < 1.29 is 33.7 Å². The van der Waals surface area contributed by atoms with E-state index in [2.05, 4.69) is 5.32 Å². The van der Waals surface area contributed by atoms with Gasteiger partial charge in [-0.05, 0) is 70.4 Å². The Balaban J connectivity index is 0.000000209. The number of hydrogen-bond donors (Lipinski definition) is 1. The lowest BCUT2D eigenvalue weighted by Crippen LogP contribution is -2.17. The lowest BCUT2D eigenvalue weighted by Gasteiger charge is -2.09. The van der Waals surface area contributed by atoms with Crippen LogP contribution in [0.4, 0.5) is 16.2 Å². The number of hydrogen-bond acceptors (Lipinski definition) is 10. The summed E-state index contributed by atoms with van der Waals surface area (Å²) in [6, 6.07) is 23.1. The molecule has 0 unspecified atom stereocenters. The Morgan fingerprint density at radius 2 is 1.50 bits per heavy atom. The first-order chi connectivity index (χ1) is 21.1. The molecular weight excluding hydrogens is 590 g/mol. The van der Waals surface area contributed by atoms with E-state index in [1.165, 1.54) is 32.4 Å². The van der Waals surface area contributed by atoms with Gasteiger partial charge in [-0.25, -0.2) is 0 Å². The molecule has 4 aromatic carbocycles. The molecule has 1 saturated heterocycles. The van der Waals surface area contributed by atoms with Crippen LogP contribution in [0.3, 0.4) is 0 Å². The zero-order valence-electron chi connectivity index (χ0n) is 23.2. The number of rotatable bonds is 8. The topological polar surface area (TPSA) is 168 Å². The summed E-state index contributed by atoms with van der Waals surface area (Å²) in [5.74, 6) is 0.208. The van der Waals surface area contributed by atoms with Crippen molar-refractivity contribution in [3.8, 4) is 33.8 Å². The van der Waals surface area contributed by atoms with Gasteiger partial charge >= 0.3 is 5.69 Å². The zero-order valence-corrected chi connectivity index (χ0v) is 24.0. The normalized spacial score (nSPS) is 13.0. The second kappa shape index (κ2) is 13.9. The van der Waals surface area contributed by atoms with E-state index in [9.17, 15) is 34.6 Å². The maximum atomic E-state index is 11.6. The first kappa shape index (κ1) is 31.1. The lowest BCUT2D eigenvalue weighted by molar-refractivity contribution is -0.385. The number of methoxy groups -OCH3 is 2. The third-order valence-corrected chi connectivity index (χ3v) is 7.12. The van der Waals surface area contributed by atoms with Crippen LogP contribution in [0.1, 0.15) is 15.9 Å². The van der Waals surface area contributed by atoms with Gasteiger partial charge in [0.2, 0.25) is 5.75 Å². The van der Waals surface area contributed by atoms with Gasteiger partial charge in [-0.2, -0.15) is 0 Å². The Hall–Kier alpha value is -5.82. The monoisotopic (exact) mass is 613 g/mol. The van der Waals surface area contributed by atoms with Gasteiger partial charge in [0.25, 0.3) is 16.8 Å². The predicted molar refractivity (Wildman–Crippen MR) is 165 cm³/mol. The van der Waals surface area contributed by atoms with E-state index in [-0.39, 0.29) is 17.1 Å². The number of amides is 2. The molecule has 44 heavy (non-hydrogen) atoms. The Bertz CT molecular complexity index is 1800. The average molecular weight is 614 g/mol. The Morgan fingerprint density at radius 1 is 0.795 bits per heavy atom. The van der Waals surface area contributed by atoms with E-state index in [0.29, 0.717) is 32.9 Å². The molecule has 0 aliphatic carbocycles. The van der Waals surface area contributed by atoms with Crippen molar-refractivity contribution in [1.29, 1.82) is 0 Å². The molecule has 1 heterocycles. The predicted octanol–water partition coefficient (Wildman–Crippen LogP) is 6.68. The number of aldehydes is 1. The minimum absolute atomic E-state index is 0.0419. The number of nitro groups is 2. The third kappa shape index (κ3) is 7.14. The molecule has 1 N–H and O–H groups in total. The van der Waals surface area contributed by atoms with Crippen molar-refractivity contribution in [3.05, 3.63) is 121 Å². The van der Waals surface area contributed by atoms with Gasteiger partial charge in [-0.3, -0.25) is 39.9 Å². The SMILES string of the molecule is COc1c(-c2cccc(C=C3SC(=O)NC3=O)c2)cccc1[N+](=O)[O-].COc1cc(-c2ccc([N+](=O)[O-])cc2)ccc1C=O. The van der Waals surface area contributed by atoms with Gasteiger partial charge in [0.1, 0.15) is 5.75 Å². The molecule has 1 fully saturated rings. The second-order valence-electron chi connectivity index (χ2n) is 8.97. The molecule has 0 spiro atoms. The maximum Gasteiger partial charge on any atom is 0.311 e. The number of thioether (sulfide) groups is 1. The van der Waals surface area contributed by atoms with Crippen molar-refractivity contribution >= 4 is 46.6 Å². The molecule has 0 bridgehead atoms. The number of ether oxygens (including phenoxy) is 2. The molecule has 0 atom stereocenters. The Morgan fingerprint density at radius 3 is 2.09 bits per heavy atom. The molecule has 5 rings (SSSR count). The van der Waals surface area contributed by atoms with Gasteiger partial charge in [0.15, 0.2) is 6.29 Å².